The van der Waals surface area contributed by atoms with Gasteiger partial charge >= 0.3 is 6.18 Å². The summed E-state index contributed by atoms with van der Waals surface area (Å²) in [6.07, 6.45) is -4.06. The lowest BCUT2D eigenvalue weighted by atomic mass is 9.97. The number of thiophene rings is 1. The summed E-state index contributed by atoms with van der Waals surface area (Å²) in [5.74, 6) is -0.676. The monoisotopic (exact) mass is 344 g/mol. The van der Waals surface area contributed by atoms with E-state index >= 15 is 0 Å². The van der Waals surface area contributed by atoms with E-state index in [1.54, 1.807) is 4.57 Å². The molecule has 0 spiro atoms. The second-order valence-electron chi connectivity index (χ2n) is 5.50. The van der Waals surface area contributed by atoms with Crippen LogP contribution in [0.15, 0.2) is 16.8 Å². The van der Waals surface area contributed by atoms with E-state index in [1.165, 1.54) is 11.3 Å². The summed E-state index contributed by atoms with van der Waals surface area (Å²) in [5, 5.41) is 14.3. The van der Waals surface area contributed by atoms with E-state index in [4.69, 9.17) is 0 Å². The zero-order chi connectivity index (χ0) is 16.4. The molecule has 1 amide bonds. The van der Waals surface area contributed by atoms with E-state index < -0.39 is 12.1 Å². The van der Waals surface area contributed by atoms with Gasteiger partial charge < -0.3 is 9.88 Å². The lowest BCUT2D eigenvalue weighted by Crippen LogP contribution is -2.32. The quantitative estimate of drug-likeness (QED) is 0.926. The largest absolute Gasteiger partial charge is 0.392 e. The average molecular weight is 344 g/mol. The number of carbonyl (C=O) groups excluding carboxylic acids is 1. The zero-order valence-corrected chi connectivity index (χ0v) is 13.0. The molecular weight excluding hydrogens is 329 g/mol. The predicted molar refractivity (Wildman–Crippen MR) is 77.8 cm³/mol. The number of alkyl halides is 3. The van der Waals surface area contributed by atoms with E-state index in [0.717, 1.165) is 5.56 Å². The van der Waals surface area contributed by atoms with Gasteiger partial charge in [0.25, 0.3) is 0 Å². The summed E-state index contributed by atoms with van der Waals surface area (Å²) < 4.78 is 40.0. The van der Waals surface area contributed by atoms with Crippen molar-refractivity contribution in [3.8, 4) is 0 Å². The van der Waals surface area contributed by atoms with Crippen LogP contribution in [0, 0.1) is 5.92 Å². The molecule has 0 saturated carbocycles. The van der Waals surface area contributed by atoms with Crippen LogP contribution in [0.4, 0.5) is 13.2 Å². The smallest absolute Gasteiger partial charge is 0.349 e. The number of rotatable bonds is 4. The third-order valence-electron chi connectivity index (χ3n) is 3.89. The molecule has 2 aromatic heterocycles. The molecule has 3 heterocycles. The number of hydrogen-bond acceptors (Lipinski definition) is 4. The van der Waals surface area contributed by atoms with Crippen LogP contribution in [-0.2, 0) is 30.7 Å². The topological polar surface area (TPSA) is 59.8 Å². The van der Waals surface area contributed by atoms with Gasteiger partial charge in [0.05, 0.1) is 18.9 Å². The maximum absolute atomic E-state index is 12.8. The van der Waals surface area contributed by atoms with E-state index in [1.807, 2.05) is 16.8 Å². The molecule has 1 aliphatic rings. The molecule has 5 nitrogen and oxygen atoms in total. The van der Waals surface area contributed by atoms with Crippen molar-refractivity contribution in [1.82, 2.24) is 20.1 Å². The summed E-state index contributed by atoms with van der Waals surface area (Å²) in [6, 6.07) is 1.88. The van der Waals surface area contributed by atoms with E-state index in [9.17, 15) is 18.0 Å². The highest BCUT2D eigenvalue weighted by Crippen LogP contribution is 2.34. The maximum Gasteiger partial charge on any atom is 0.392 e. The number of aromatic nitrogens is 3. The lowest BCUT2D eigenvalue weighted by Gasteiger charge is -2.25. The third-order valence-corrected chi connectivity index (χ3v) is 4.62. The van der Waals surface area contributed by atoms with Crippen molar-refractivity contribution in [2.45, 2.75) is 38.5 Å². The van der Waals surface area contributed by atoms with Gasteiger partial charge in [-0.25, -0.2) is 0 Å². The third kappa shape index (κ3) is 3.72. The standard InChI is InChI=1S/C14H15F3N4OS/c15-14(16,17)10-1-3-21-11(6-10)19-20-12(21)7-18-13(22)5-9-2-4-23-8-9/h2,4,8,10H,1,3,5-7H2,(H,18,22)/t10-/m0/s1. The second-order valence-corrected chi connectivity index (χ2v) is 6.28. The van der Waals surface area contributed by atoms with Gasteiger partial charge in [0.15, 0.2) is 5.82 Å². The van der Waals surface area contributed by atoms with Crippen LogP contribution < -0.4 is 5.32 Å². The summed E-state index contributed by atoms with van der Waals surface area (Å²) >= 11 is 1.52. The Hall–Kier alpha value is -1.90. The average Bonchev–Trinajstić information content (AvgIpc) is 3.13. The number of carbonyl (C=O) groups is 1. The van der Waals surface area contributed by atoms with Crippen LogP contribution in [0.2, 0.25) is 0 Å². The molecule has 0 fully saturated rings. The first-order chi connectivity index (χ1) is 10.9. The zero-order valence-electron chi connectivity index (χ0n) is 12.1. The van der Waals surface area contributed by atoms with Crippen LogP contribution in [0.5, 0.6) is 0 Å². The first-order valence-corrected chi connectivity index (χ1v) is 8.13. The predicted octanol–water partition coefficient (Wildman–Crippen LogP) is 2.32. The fraction of sp³-hybridized carbons (Fsp3) is 0.500. The number of amides is 1. The molecule has 0 unspecified atom stereocenters. The number of hydrogen-bond donors (Lipinski definition) is 1. The minimum absolute atomic E-state index is 0.0182. The van der Waals surface area contributed by atoms with E-state index in [0.29, 0.717) is 11.6 Å². The highest BCUT2D eigenvalue weighted by molar-refractivity contribution is 7.07. The first kappa shape index (κ1) is 16.0. The fourth-order valence-electron chi connectivity index (χ4n) is 2.62. The number of nitrogens with one attached hydrogen (secondary N) is 1. The van der Waals surface area contributed by atoms with Gasteiger partial charge in [-0.05, 0) is 28.8 Å². The van der Waals surface area contributed by atoms with Gasteiger partial charge in [-0.15, -0.1) is 10.2 Å². The van der Waals surface area contributed by atoms with Crippen molar-refractivity contribution >= 4 is 17.2 Å². The summed E-state index contributed by atoms with van der Waals surface area (Å²) in [7, 11) is 0. The molecule has 0 aliphatic carbocycles. The molecule has 1 atom stereocenters. The second kappa shape index (κ2) is 6.31. The van der Waals surface area contributed by atoms with Gasteiger partial charge in [-0.2, -0.15) is 24.5 Å². The fourth-order valence-corrected chi connectivity index (χ4v) is 3.29. The Labute approximate surface area is 134 Å². The van der Waals surface area contributed by atoms with Gasteiger partial charge in [0, 0.05) is 13.0 Å². The van der Waals surface area contributed by atoms with Crippen LogP contribution in [0.1, 0.15) is 23.6 Å². The van der Waals surface area contributed by atoms with Crippen LogP contribution in [0.25, 0.3) is 0 Å². The minimum Gasteiger partial charge on any atom is -0.349 e. The van der Waals surface area contributed by atoms with Crippen LogP contribution >= 0.6 is 11.3 Å². The Morgan fingerprint density at radius 1 is 1.43 bits per heavy atom. The van der Waals surface area contributed by atoms with E-state index in [-0.39, 0.29) is 38.3 Å². The van der Waals surface area contributed by atoms with E-state index in [2.05, 4.69) is 15.5 Å². The molecule has 0 bridgehead atoms. The molecule has 0 aromatic carbocycles. The molecule has 0 saturated heterocycles. The van der Waals surface area contributed by atoms with Gasteiger partial charge in [0.1, 0.15) is 5.82 Å². The Kier molecular flexibility index (Phi) is 4.38. The van der Waals surface area contributed by atoms with Crippen molar-refractivity contribution in [2.75, 3.05) is 0 Å². The normalized spacial score (nSPS) is 17.8. The summed E-state index contributed by atoms with van der Waals surface area (Å²) in [5.41, 5.74) is 0.934. The maximum atomic E-state index is 12.8. The lowest BCUT2D eigenvalue weighted by molar-refractivity contribution is -0.179. The van der Waals surface area contributed by atoms with Crippen LogP contribution in [-0.4, -0.2) is 26.8 Å². The highest BCUT2D eigenvalue weighted by Gasteiger charge is 2.42. The van der Waals surface area contributed by atoms with Crippen molar-refractivity contribution in [3.63, 3.8) is 0 Å². The number of halogens is 3. The first-order valence-electron chi connectivity index (χ1n) is 7.19. The Bertz CT molecular complexity index is 681. The van der Waals surface area contributed by atoms with Gasteiger partial charge in [-0.1, -0.05) is 0 Å². The van der Waals surface area contributed by atoms with Crippen LogP contribution in [0.3, 0.4) is 0 Å². The Morgan fingerprint density at radius 3 is 2.96 bits per heavy atom. The highest BCUT2D eigenvalue weighted by atomic mass is 32.1. The number of fused-ring (bicyclic) bond motifs is 1. The molecule has 1 N–H and O–H groups in total. The summed E-state index contributed by atoms with van der Waals surface area (Å²) in [4.78, 5) is 11.8. The Morgan fingerprint density at radius 2 is 2.26 bits per heavy atom. The minimum atomic E-state index is -4.20. The molecule has 1 aliphatic heterocycles. The van der Waals surface area contributed by atoms with Crippen molar-refractivity contribution in [1.29, 1.82) is 0 Å². The molecular formula is C14H15F3N4OS. The van der Waals surface area contributed by atoms with Crippen molar-refractivity contribution < 1.29 is 18.0 Å². The number of nitrogens with zero attached hydrogens (tertiary/aromatic N) is 3. The summed E-state index contributed by atoms with van der Waals surface area (Å²) in [6.45, 7) is 0.398. The Balaban J connectivity index is 1.58. The molecule has 23 heavy (non-hydrogen) atoms. The molecule has 0 radical (unpaired) electrons. The van der Waals surface area contributed by atoms with Gasteiger partial charge in [0.2, 0.25) is 5.91 Å². The molecule has 9 heteroatoms. The van der Waals surface area contributed by atoms with Crippen molar-refractivity contribution in [3.05, 3.63) is 34.0 Å². The van der Waals surface area contributed by atoms with Gasteiger partial charge in [-0.3, -0.25) is 4.79 Å². The van der Waals surface area contributed by atoms with Crippen molar-refractivity contribution in [2.24, 2.45) is 5.92 Å². The SMILES string of the molecule is O=C(Cc1ccsc1)NCc1nnc2n1CC[C@H](C(F)(F)F)C2. The molecule has 2 aromatic rings. The molecule has 3 rings (SSSR count). The molecule has 124 valence electrons.